The van der Waals surface area contributed by atoms with Gasteiger partial charge in [0.1, 0.15) is 5.60 Å². The molecule has 1 saturated heterocycles. The molecule has 12 heteroatoms. The number of likely N-dealkylation sites (tertiary alicyclic amines) is 1. The van der Waals surface area contributed by atoms with E-state index in [0.717, 1.165) is 54.4 Å². The average molecular weight is 551 g/mol. The zero-order valence-electron chi connectivity index (χ0n) is 21.5. The molecule has 0 radical (unpaired) electrons. The van der Waals surface area contributed by atoms with Gasteiger partial charge in [0.25, 0.3) is 0 Å². The topological polar surface area (TPSA) is 95.3 Å². The number of nitrogens with one attached hydrogen (secondary N) is 2. The fourth-order valence-corrected chi connectivity index (χ4v) is 6.46. The van der Waals surface area contributed by atoms with Gasteiger partial charge < -0.3 is 15.7 Å². The molecule has 1 aliphatic carbocycles. The molecule has 0 spiro atoms. The minimum atomic E-state index is -4.45. The van der Waals surface area contributed by atoms with Crippen LogP contribution in [0.25, 0.3) is 10.9 Å². The van der Waals surface area contributed by atoms with Crippen molar-refractivity contribution in [1.29, 1.82) is 0 Å². The summed E-state index contributed by atoms with van der Waals surface area (Å²) in [6.45, 7) is 5.84. The van der Waals surface area contributed by atoms with Crippen LogP contribution in [0.5, 0.6) is 0 Å². The number of hydrogen-bond acceptors (Lipinski definition) is 7. The zero-order chi connectivity index (χ0) is 27.1. The third-order valence-corrected chi connectivity index (χ3v) is 9.02. The van der Waals surface area contributed by atoms with Gasteiger partial charge in [-0.3, -0.25) is 14.4 Å². The molecular weight excluding hydrogens is 517 g/mol. The zero-order valence-corrected chi connectivity index (χ0v) is 22.3. The highest BCUT2D eigenvalue weighted by molar-refractivity contribution is 7.11. The summed E-state index contributed by atoms with van der Waals surface area (Å²) < 4.78 is 41.2. The molecule has 1 aromatic carbocycles. The summed E-state index contributed by atoms with van der Waals surface area (Å²) in [6.07, 6.45) is 1.43. The Morgan fingerprint density at radius 1 is 1.24 bits per heavy atom. The van der Waals surface area contributed by atoms with Crippen molar-refractivity contribution in [1.82, 2.24) is 25.0 Å². The molecular formula is C26H33F3N6O2S. The minimum absolute atomic E-state index is 0.0282. The van der Waals surface area contributed by atoms with E-state index in [1.807, 2.05) is 13.1 Å². The quantitative estimate of drug-likeness (QED) is 0.390. The van der Waals surface area contributed by atoms with Crippen molar-refractivity contribution < 1.29 is 23.1 Å². The number of nitrogens with zero attached hydrogens (tertiary/aromatic N) is 4. The van der Waals surface area contributed by atoms with Crippen molar-refractivity contribution in [2.45, 2.75) is 76.4 Å². The average Bonchev–Trinajstić information content (AvgIpc) is 3.50. The lowest BCUT2D eigenvalue weighted by molar-refractivity contribution is -0.137. The number of fused-ring (bicyclic) bond motifs is 1. The fourth-order valence-electron chi connectivity index (χ4n) is 5.45. The Kier molecular flexibility index (Phi) is 7.40. The van der Waals surface area contributed by atoms with Crippen LogP contribution in [0.4, 0.5) is 19.0 Å². The van der Waals surface area contributed by atoms with Crippen molar-refractivity contribution in [3.63, 3.8) is 0 Å². The van der Waals surface area contributed by atoms with E-state index in [1.165, 1.54) is 6.07 Å². The number of benzene rings is 1. The first-order chi connectivity index (χ1) is 18.1. The van der Waals surface area contributed by atoms with Crippen LogP contribution in [0.1, 0.15) is 55.0 Å². The minimum Gasteiger partial charge on any atom is -0.384 e. The first-order valence-electron chi connectivity index (χ1n) is 13.1. The van der Waals surface area contributed by atoms with Gasteiger partial charge in [0.05, 0.1) is 33.6 Å². The number of rotatable bonds is 8. The molecule has 3 heterocycles. The maximum Gasteiger partial charge on any atom is 0.416 e. The molecule has 1 amide bonds. The second kappa shape index (κ2) is 10.5. The molecule has 1 saturated carbocycles. The summed E-state index contributed by atoms with van der Waals surface area (Å²) in [6, 6.07) is 3.94. The lowest BCUT2D eigenvalue weighted by Crippen LogP contribution is -2.63. The predicted molar refractivity (Wildman–Crippen MR) is 140 cm³/mol. The Labute approximate surface area is 223 Å². The highest BCUT2D eigenvalue weighted by Crippen LogP contribution is 2.41. The number of hydrogen-bond donors (Lipinski definition) is 3. The number of aryl methyl sites for hydroxylation is 2. The lowest BCUT2D eigenvalue weighted by Gasteiger charge is -2.48. The van der Waals surface area contributed by atoms with E-state index < -0.39 is 17.3 Å². The van der Waals surface area contributed by atoms with Crippen LogP contribution >= 0.6 is 11.3 Å². The van der Waals surface area contributed by atoms with Gasteiger partial charge in [-0.2, -0.15) is 18.3 Å². The van der Waals surface area contributed by atoms with Gasteiger partial charge in [0, 0.05) is 37.3 Å². The van der Waals surface area contributed by atoms with Crippen LogP contribution in [0.2, 0.25) is 0 Å². The number of halogens is 3. The number of aliphatic hydroxyl groups is 1. The molecule has 2 aromatic heterocycles. The molecule has 2 aliphatic rings. The van der Waals surface area contributed by atoms with E-state index in [9.17, 15) is 23.1 Å². The third-order valence-electron chi connectivity index (χ3n) is 7.68. The van der Waals surface area contributed by atoms with E-state index in [1.54, 1.807) is 16.0 Å². The molecule has 1 aliphatic heterocycles. The van der Waals surface area contributed by atoms with E-state index in [2.05, 4.69) is 32.5 Å². The number of amides is 1. The third kappa shape index (κ3) is 5.39. The van der Waals surface area contributed by atoms with Crippen LogP contribution in [-0.4, -0.2) is 62.4 Å². The Morgan fingerprint density at radius 2 is 1.97 bits per heavy atom. The van der Waals surface area contributed by atoms with Crippen LogP contribution < -0.4 is 10.6 Å². The summed E-state index contributed by atoms with van der Waals surface area (Å²) in [4.78, 5) is 20.3. The van der Waals surface area contributed by atoms with E-state index in [0.29, 0.717) is 36.3 Å². The molecule has 0 bridgehead atoms. The Hall–Kier alpha value is -2.70. The summed E-state index contributed by atoms with van der Waals surface area (Å²) in [5.41, 5.74) is -0.957. The number of anilines is 1. The standard InChI is InChI=1S/C26H33F3N6O2S/c1-3-23-30-12-21(38-23)25(37)9-7-18(8-10-25)34-14-17(15-34)32-22(36)13-31-24-19-11-16(26(27,28)29)5-6-20(19)35(4-2)33-24/h5-6,11-12,17-18,37H,3-4,7-10,13-15H2,1-2H3,(H,31,33)(H,32,36)/t18-,25-. The van der Waals surface area contributed by atoms with Gasteiger partial charge in [-0.25, -0.2) is 4.98 Å². The fraction of sp³-hybridized carbons (Fsp3) is 0.577. The normalized spacial score (nSPS) is 22.9. The molecule has 206 valence electrons. The van der Waals surface area contributed by atoms with Crippen LogP contribution in [0.3, 0.4) is 0 Å². The second-order valence-electron chi connectivity index (χ2n) is 10.2. The van der Waals surface area contributed by atoms with E-state index in [4.69, 9.17) is 0 Å². The van der Waals surface area contributed by atoms with Gasteiger partial charge in [0.15, 0.2) is 5.82 Å². The maximum absolute atomic E-state index is 13.2. The van der Waals surface area contributed by atoms with Crippen molar-refractivity contribution in [2.24, 2.45) is 0 Å². The van der Waals surface area contributed by atoms with Crippen molar-refractivity contribution in [3.8, 4) is 0 Å². The molecule has 5 rings (SSSR count). The van der Waals surface area contributed by atoms with Gasteiger partial charge in [-0.15, -0.1) is 11.3 Å². The highest BCUT2D eigenvalue weighted by Gasteiger charge is 2.41. The molecule has 38 heavy (non-hydrogen) atoms. The van der Waals surface area contributed by atoms with E-state index in [-0.39, 0.29) is 24.3 Å². The summed E-state index contributed by atoms with van der Waals surface area (Å²) in [5.74, 6) is 0.0378. The van der Waals surface area contributed by atoms with Crippen molar-refractivity contribution in [2.75, 3.05) is 25.0 Å². The van der Waals surface area contributed by atoms with Crippen LogP contribution in [0, 0.1) is 0 Å². The van der Waals surface area contributed by atoms with Gasteiger partial charge in [-0.1, -0.05) is 6.92 Å². The predicted octanol–water partition coefficient (Wildman–Crippen LogP) is 4.14. The molecule has 2 fully saturated rings. The number of alkyl halides is 3. The molecule has 0 unspecified atom stereocenters. The second-order valence-corrected chi connectivity index (χ2v) is 11.3. The Bertz CT molecular complexity index is 1290. The van der Waals surface area contributed by atoms with E-state index >= 15 is 0 Å². The number of carbonyl (C=O) groups excluding carboxylic acids is 1. The Balaban J connectivity index is 1.10. The maximum atomic E-state index is 13.2. The number of aromatic nitrogens is 3. The van der Waals surface area contributed by atoms with Gasteiger partial charge in [0.2, 0.25) is 5.91 Å². The van der Waals surface area contributed by atoms with Gasteiger partial charge >= 0.3 is 6.18 Å². The molecule has 8 nitrogen and oxygen atoms in total. The van der Waals surface area contributed by atoms with Crippen molar-refractivity contribution in [3.05, 3.63) is 39.8 Å². The summed E-state index contributed by atoms with van der Waals surface area (Å²) >= 11 is 1.60. The monoisotopic (exact) mass is 550 g/mol. The smallest absolute Gasteiger partial charge is 0.384 e. The first-order valence-corrected chi connectivity index (χ1v) is 13.9. The summed E-state index contributed by atoms with van der Waals surface area (Å²) in [7, 11) is 0. The highest BCUT2D eigenvalue weighted by atomic mass is 32.1. The number of carbonyl (C=O) groups is 1. The van der Waals surface area contributed by atoms with Gasteiger partial charge in [-0.05, 0) is 57.2 Å². The molecule has 3 N–H and O–H groups in total. The lowest BCUT2D eigenvalue weighted by atomic mass is 9.80. The first kappa shape index (κ1) is 26.9. The SMILES string of the molecule is CCc1ncc([C@]2(O)CC[C@H](N3CC(NC(=O)CNc4nn(CC)c5ccc(C(F)(F)F)cc45)C3)CC2)s1. The van der Waals surface area contributed by atoms with Crippen molar-refractivity contribution >= 4 is 34.0 Å². The number of thiazole rings is 1. The largest absolute Gasteiger partial charge is 0.416 e. The molecule has 0 atom stereocenters. The summed E-state index contributed by atoms with van der Waals surface area (Å²) in [5, 5.41) is 22.8. The Morgan fingerprint density at radius 3 is 2.61 bits per heavy atom. The van der Waals surface area contributed by atoms with Crippen LogP contribution in [-0.2, 0) is 29.5 Å². The molecule has 3 aromatic rings. The van der Waals surface area contributed by atoms with Crippen LogP contribution in [0.15, 0.2) is 24.4 Å².